The van der Waals surface area contributed by atoms with E-state index in [-0.39, 0.29) is 33.1 Å². The molecule has 1 atom stereocenters. The van der Waals surface area contributed by atoms with Gasteiger partial charge < -0.3 is 4.90 Å². The summed E-state index contributed by atoms with van der Waals surface area (Å²) in [5.74, 6) is -0.256. The highest BCUT2D eigenvalue weighted by atomic mass is 35.5. The molecule has 0 unspecified atom stereocenters. The third-order valence-electron chi connectivity index (χ3n) is 5.21. The first-order valence-electron chi connectivity index (χ1n) is 9.57. The minimum absolute atomic E-state index is 0.0149. The molecule has 1 amide bonds. The highest BCUT2D eigenvalue weighted by Crippen LogP contribution is 2.34. The second-order valence-corrected chi connectivity index (χ2v) is 9.56. The summed E-state index contributed by atoms with van der Waals surface area (Å²) in [6.45, 7) is 3.87. The highest BCUT2D eigenvalue weighted by molar-refractivity contribution is 7.92. The van der Waals surface area contributed by atoms with Crippen LogP contribution < -0.4 is 9.62 Å². The van der Waals surface area contributed by atoms with Gasteiger partial charge in [0, 0.05) is 17.4 Å². The van der Waals surface area contributed by atoms with Gasteiger partial charge >= 0.3 is 0 Å². The van der Waals surface area contributed by atoms with Gasteiger partial charge in [0.05, 0.1) is 15.5 Å². The molecule has 1 heterocycles. The number of anilines is 2. The summed E-state index contributed by atoms with van der Waals surface area (Å²) >= 11 is 6.33. The number of benzene rings is 3. The Morgan fingerprint density at radius 1 is 1.07 bits per heavy atom. The van der Waals surface area contributed by atoms with Gasteiger partial charge in [0.1, 0.15) is 0 Å². The maximum Gasteiger partial charge on any atom is 0.261 e. The second kappa shape index (κ2) is 7.78. The summed E-state index contributed by atoms with van der Waals surface area (Å²) < 4.78 is 28.0. The van der Waals surface area contributed by atoms with Crippen LogP contribution in [-0.2, 0) is 16.4 Å². The number of amides is 1. The smallest absolute Gasteiger partial charge is 0.261 e. The molecule has 0 spiro atoms. The van der Waals surface area contributed by atoms with Crippen LogP contribution in [0.2, 0.25) is 5.02 Å². The Bertz CT molecular complexity index is 1220. The van der Waals surface area contributed by atoms with Gasteiger partial charge in [0.15, 0.2) is 0 Å². The monoisotopic (exact) mass is 440 g/mol. The number of hydrogen-bond acceptors (Lipinski definition) is 3. The predicted octanol–water partition coefficient (Wildman–Crippen LogP) is 5.04. The van der Waals surface area contributed by atoms with Crippen LogP contribution in [0, 0.1) is 6.92 Å². The SMILES string of the molecule is Cc1ccc(S(=O)(=O)Nc2ccc(Cl)c(C(=O)N3c4ccccc4C[C@H]3C)c2)cc1. The molecule has 1 N–H and O–H groups in total. The molecule has 154 valence electrons. The van der Waals surface area contributed by atoms with Gasteiger partial charge in [0.2, 0.25) is 0 Å². The van der Waals surface area contributed by atoms with Gasteiger partial charge in [-0.15, -0.1) is 0 Å². The molecular formula is C23H21ClN2O3S. The lowest BCUT2D eigenvalue weighted by molar-refractivity contribution is 0.0981. The van der Waals surface area contributed by atoms with Crippen LogP contribution in [-0.4, -0.2) is 20.4 Å². The lowest BCUT2D eigenvalue weighted by Crippen LogP contribution is -2.36. The van der Waals surface area contributed by atoms with Crippen LogP contribution in [0.15, 0.2) is 71.6 Å². The first kappa shape index (κ1) is 20.4. The number of halogens is 1. The van der Waals surface area contributed by atoms with Crippen molar-refractivity contribution < 1.29 is 13.2 Å². The molecule has 0 bridgehead atoms. The van der Waals surface area contributed by atoms with E-state index >= 15 is 0 Å². The molecule has 4 rings (SSSR count). The molecule has 0 radical (unpaired) electrons. The molecule has 3 aromatic carbocycles. The zero-order valence-corrected chi connectivity index (χ0v) is 18.2. The van der Waals surface area contributed by atoms with Gasteiger partial charge in [0.25, 0.3) is 15.9 Å². The Balaban J connectivity index is 1.66. The molecule has 0 saturated carbocycles. The topological polar surface area (TPSA) is 66.5 Å². The lowest BCUT2D eigenvalue weighted by atomic mass is 10.1. The molecule has 0 aliphatic carbocycles. The predicted molar refractivity (Wildman–Crippen MR) is 120 cm³/mol. The van der Waals surface area contributed by atoms with Crippen molar-refractivity contribution >= 4 is 38.9 Å². The molecule has 1 aliphatic rings. The van der Waals surface area contributed by atoms with Crippen LogP contribution in [0.4, 0.5) is 11.4 Å². The summed E-state index contributed by atoms with van der Waals surface area (Å²) in [5.41, 5.74) is 3.46. The number of nitrogens with zero attached hydrogens (tertiary/aromatic N) is 1. The quantitative estimate of drug-likeness (QED) is 0.618. The van der Waals surface area contributed by atoms with Crippen molar-refractivity contribution in [3.8, 4) is 0 Å². The van der Waals surface area contributed by atoms with Crippen LogP contribution in [0.3, 0.4) is 0 Å². The largest absolute Gasteiger partial charge is 0.305 e. The number of sulfonamides is 1. The number of carbonyl (C=O) groups is 1. The number of para-hydroxylation sites is 1. The highest BCUT2D eigenvalue weighted by Gasteiger charge is 2.32. The molecule has 1 aliphatic heterocycles. The standard InChI is InChI=1S/C23H21ClN2O3S/c1-15-7-10-19(11-8-15)30(28,29)25-18-9-12-21(24)20(14-18)23(27)26-16(2)13-17-5-3-4-6-22(17)26/h3-12,14,16,25H,13H2,1-2H3/t16-/m1/s1. The molecule has 5 nitrogen and oxygen atoms in total. The number of carbonyl (C=O) groups excluding carboxylic acids is 1. The number of rotatable bonds is 4. The normalized spacial score (nSPS) is 15.7. The molecule has 0 fully saturated rings. The van der Waals surface area contributed by atoms with E-state index in [4.69, 9.17) is 11.6 Å². The second-order valence-electron chi connectivity index (χ2n) is 7.47. The van der Waals surface area contributed by atoms with E-state index < -0.39 is 10.0 Å². The van der Waals surface area contributed by atoms with Crippen molar-refractivity contribution in [1.29, 1.82) is 0 Å². The van der Waals surface area contributed by atoms with Crippen molar-refractivity contribution in [1.82, 2.24) is 0 Å². The zero-order valence-electron chi connectivity index (χ0n) is 16.6. The van der Waals surface area contributed by atoms with Crippen LogP contribution in [0.25, 0.3) is 0 Å². The Labute approximate surface area is 181 Å². The maximum absolute atomic E-state index is 13.3. The van der Waals surface area contributed by atoms with Crippen LogP contribution in [0.1, 0.15) is 28.4 Å². The summed E-state index contributed by atoms with van der Waals surface area (Å²) in [4.78, 5) is 15.2. The molecule has 7 heteroatoms. The van der Waals surface area contributed by atoms with Gasteiger partial charge in [-0.05, 0) is 62.2 Å². The summed E-state index contributed by atoms with van der Waals surface area (Å²) in [7, 11) is -3.78. The fourth-order valence-electron chi connectivity index (χ4n) is 3.69. The number of aryl methyl sites for hydroxylation is 1. The minimum Gasteiger partial charge on any atom is -0.305 e. The van der Waals surface area contributed by atoms with Crippen molar-refractivity contribution in [2.24, 2.45) is 0 Å². The Kier molecular flexibility index (Phi) is 5.30. The first-order valence-corrected chi connectivity index (χ1v) is 11.4. The van der Waals surface area contributed by atoms with Crippen LogP contribution in [0.5, 0.6) is 0 Å². The third-order valence-corrected chi connectivity index (χ3v) is 6.93. The van der Waals surface area contributed by atoms with E-state index in [1.165, 1.54) is 12.1 Å². The van der Waals surface area contributed by atoms with Crippen molar-refractivity contribution in [2.75, 3.05) is 9.62 Å². The molecule has 0 saturated heterocycles. The lowest BCUT2D eigenvalue weighted by Gasteiger charge is -2.23. The van der Waals surface area contributed by atoms with E-state index in [2.05, 4.69) is 4.72 Å². The van der Waals surface area contributed by atoms with Crippen molar-refractivity contribution in [2.45, 2.75) is 31.2 Å². The van der Waals surface area contributed by atoms with Crippen LogP contribution >= 0.6 is 11.6 Å². The summed E-state index contributed by atoms with van der Waals surface area (Å²) in [6, 6.07) is 18.9. The van der Waals surface area contributed by atoms with E-state index in [0.29, 0.717) is 0 Å². The Morgan fingerprint density at radius 3 is 2.50 bits per heavy atom. The molecular weight excluding hydrogens is 420 g/mol. The minimum atomic E-state index is -3.78. The van der Waals surface area contributed by atoms with Crippen molar-refractivity contribution in [3.05, 3.63) is 88.4 Å². The Morgan fingerprint density at radius 2 is 1.77 bits per heavy atom. The number of nitrogens with one attached hydrogen (secondary N) is 1. The number of hydrogen-bond donors (Lipinski definition) is 1. The van der Waals surface area contributed by atoms with E-state index in [1.54, 1.807) is 35.2 Å². The third kappa shape index (κ3) is 3.80. The molecule has 3 aromatic rings. The zero-order chi connectivity index (χ0) is 21.5. The number of fused-ring (bicyclic) bond motifs is 1. The van der Waals surface area contributed by atoms with E-state index in [0.717, 1.165) is 23.2 Å². The molecule has 30 heavy (non-hydrogen) atoms. The van der Waals surface area contributed by atoms with Gasteiger partial charge in [-0.3, -0.25) is 9.52 Å². The fourth-order valence-corrected chi connectivity index (χ4v) is 4.94. The van der Waals surface area contributed by atoms with Gasteiger partial charge in [-0.2, -0.15) is 0 Å². The maximum atomic E-state index is 13.3. The first-order chi connectivity index (χ1) is 14.3. The van der Waals surface area contributed by atoms with Gasteiger partial charge in [-0.25, -0.2) is 8.42 Å². The Hall–Kier alpha value is -2.83. The summed E-state index contributed by atoms with van der Waals surface area (Å²) in [5, 5.41) is 0.273. The van der Waals surface area contributed by atoms with Gasteiger partial charge in [-0.1, -0.05) is 47.5 Å². The van der Waals surface area contributed by atoms with E-state index in [9.17, 15) is 13.2 Å². The fraction of sp³-hybridized carbons (Fsp3) is 0.174. The summed E-state index contributed by atoms with van der Waals surface area (Å²) in [6.07, 6.45) is 0.763. The molecule has 0 aromatic heterocycles. The van der Waals surface area contributed by atoms with Crippen molar-refractivity contribution in [3.63, 3.8) is 0 Å². The van der Waals surface area contributed by atoms with E-state index in [1.807, 2.05) is 38.1 Å². The average Bonchev–Trinajstić information content (AvgIpc) is 3.04. The average molecular weight is 441 g/mol.